The summed E-state index contributed by atoms with van der Waals surface area (Å²) >= 11 is 0. The first-order chi connectivity index (χ1) is 12.8. The molecule has 1 amide bonds. The molecule has 0 unspecified atom stereocenters. The second-order valence-corrected chi connectivity index (χ2v) is 5.88. The van der Waals surface area contributed by atoms with Crippen molar-refractivity contribution >= 4 is 11.6 Å². The molecule has 3 rings (SSSR count). The lowest BCUT2D eigenvalue weighted by Gasteiger charge is -2.09. The van der Waals surface area contributed by atoms with E-state index in [1.54, 1.807) is 0 Å². The third-order valence-electron chi connectivity index (χ3n) is 3.86. The highest BCUT2D eigenvalue weighted by Gasteiger charge is 2.02. The SMILES string of the molecule is O=C(CNc1ccc(Oc2ccccc2)cc1)NCCc1ccccc1. The fraction of sp³-hybridized carbons (Fsp3) is 0.136. The second kappa shape index (κ2) is 9.28. The molecule has 3 aromatic rings. The molecule has 0 aliphatic carbocycles. The number of carbonyl (C=O) groups excluding carboxylic acids is 1. The summed E-state index contributed by atoms with van der Waals surface area (Å²) in [6.45, 7) is 0.877. The van der Waals surface area contributed by atoms with Gasteiger partial charge in [-0.2, -0.15) is 0 Å². The van der Waals surface area contributed by atoms with E-state index in [0.717, 1.165) is 23.6 Å². The lowest BCUT2D eigenvalue weighted by Crippen LogP contribution is -2.31. The van der Waals surface area contributed by atoms with Gasteiger partial charge in [0.15, 0.2) is 0 Å². The molecule has 0 bridgehead atoms. The lowest BCUT2D eigenvalue weighted by atomic mass is 10.1. The average molecular weight is 346 g/mol. The maximum atomic E-state index is 11.9. The number of hydrogen-bond acceptors (Lipinski definition) is 3. The standard InChI is InChI=1S/C22H22N2O2/c25-22(23-16-15-18-7-3-1-4-8-18)17-24-19-11-13-21(14-12-19)26-20-9-5-2-6-10-20/h1-14,24H,15-17H2,(H,23,25). The Balaban J connectivity index is 1.39. The van der Waals surface area contributed by atoms with Crippen molar-refractivity contribution < 1.29 is 9.53 Å². The van der Waals surface area contributed by atoms with Crippen molar-refractivity contribution in [3.05, 3.63) is 90.5 Å². The third kappa shape index (κ3) is 5.67. The molecule has 0 aliphatic rings. The van der Waals surface area contributed by atoms with Gasteiger partial charge in [-0.3, -0.25) is 4.79 Å². The Morgan fingerprint density at radius 3 is 2.08 bits per heavy atom. The largest absolute Gasteiger partial charge is 0.457 e. The van der Waals surface area contributed by atoms with Crippen molar-refractivity contribution in [2.75, 3.05) is 18.4 Å². The smallest absolute Gasteiger partial charge is 0.239 e. The van der Waals surface area contributed by atoms with Crippen molar-refractivity contribution in [3.63, 3.8) is 0 Å². The molecule has 0 atom stereocenters. The predicted octanol–water partition coefficient (Wildman–Crippen LogP) is 4.25. The van der Waals surface area contributed by atoms with Gasteiger partial charge in [-0.1, -0.05) is 48.5 Å². The number of ether oxygens (including phenoxy) is 1. The van der Waals surface area contributed by atoms with Crippen molar-refractivity contribution in [3.8, 4) is 11.5 Å². The van der Waals surface area contributed by atoms with Crippen LogP contribution in [0.25, 0.3) is 0 Å². The molecule has 2 N–H and O–H groups in total. The quantitative estimate of drug-likeness (QED) is 0.641. The highest BCUT2D eigenvalue weighted by atomic mass is 16.5. The van der Waals surface area contributed by atoms with Crippen LogP contribution >= 0.6 is 0 Å². The molecular weight excluding hydrogens is 324 g/mol. The van der Waals surface area contributed by atoms with Gasteiger partial charge in [0, 0.05) is 12.2 Å². The third-order valence-corrected chi connectivity index (χ3v) is 3.86. The first kappa shape index (κ1) is 17.5. The Kier molecular flexibility index (Phi) is 6.26. The summed E-state index contributed by atoms with van der Waals surface area (Å²) in [5.41, 5.74) is 2.10. The van der Waals surface area contributed by atoms with Gasteiger partial charge in [0.1, 0.15) is 11.5 Å². The van der Waals surface area contributed by atoms with Gasteiger partial charge in [-0.25, -0.2) is 0 Å². The van der Waals surface area contributed by atoms with Gasteiger partial charge in [0.2, 0.25) is 5.91 Å². The molecule has 4 nitrogen and oxygen atoms in total. The van der Waals surface area contributed by atoms with E-state index in [0.29, 0.717) is 6.54 Å². The molecule has 0 fully saturated rings. The molecule has 132 valence electrons. The topological polar surface area (TPSA) is 50.4 Å². The lowest BCUT2D eigenvalue weighted by molar-refractivity contribution is -0.119. The molecule has 0 saturated carbocycles. The molecule has 26 heavy (non-hydrogen) atoms. The molecule has 0 aromatic heterocycles. The highest BCUT2D eigenvalue weighted by molar-refractivity contribution is 5.80. The van der Waals surface area contributed by atoms with Crippen LogP contribution < -0.4 is 15.4 Å². The van der Waals surface area contributed by atoms with Crippen molar-refractivity contribution in [2.24, 2.45) is 0 Å². The van der Waals surface area contributed by atoms with Gasteiger partial charge in [-0.15, -0.1) is 0 Å². The molecule has 3 aromatic carbocycles. The molecule has 0 heterocycles. The first-order valence-corrected chi connectivity index (χ1v) is 8.67. The second-order valence-electron chi connectivity index (χ2n) is 5.88. The number of para-hydroxylation sites is 1. The van der Waals surface area contributed by atoms with Crippen LogP contribution in [0.1, 0.15) is 5.56 Å². The van der Waals surface area contributed by atoms with E-state index in [1.807, 2.05) is 72.8 Å². The molecule has 0 radical (unpaired) electrons. The minimum absolute atomic E-state index is 0.0226. The molecule has 0 spiro atoms. The zero-order chi connectivity index (χ0) is 18.0. The van der Waals surface area contributed by atoms with Crippen LogP contribution in [0.3, 0.4) is 0 Å². The number of hydrogen-bond donors (Lipinski definition) is 2. The van der Waals surface area contributed by atoms with Crippen LogP contribution in [0.5, 0.6) is 11.5 Å². The Morgan fingerprint density at radius 2 is 1.38 bits per heavy atom. The zero-order valence-corrected chi connectivity index (χ0v) is 14.5. The number of rotatable bonds is 8. The molecule has 0 aliphatic heterocycles. The summed E-state index contributed by atoms with van der Waals surface area (Å²) in [4.78, 5) is 11.9. The average Bonchev–Trinajstić information content (AvgIpc) is 2.69. The predicted molar refractivity (Wildman–Crippen MR) is 105 cm³/mol. The number of anilines is 1. The fourth-order valence-electron chi connectivity index (χ4n) is 2.50. The summed E-state index contributed by atoms with van der Waals surface area (Å²) in [7, 11) is 0. The van der Waals surface area contributed by atoms with Gasteiger partial charge in [0.05, 0.1) is 6.54 Å². The van der Waals surface area contributed by atoms with Crippen molar-refractivity contribution in [1.29, 1.82) is 0 Å². The normalized spacial score (nSPS) is 10.2. The Bertz CT molecular complexity index is 803. The van der Waals surface area contributed by atoms with E-state index >= 15 is 0 Å². The van der Waals surface area contributed by atoms with Crippen molar-refractivity contribution in [1.82, 2.24) is 5.32 Å². The minimum Gasteiger partial charge on any atom is -0.457 e. The van der Waals surface area contributed by atoms with E-state index < -0.39 is 0 Å². The number of benzene rings is 3. The van der Waals surface area contributed by atoms with Gasteiger partial charge >= 0.3 is 0 Å². The Hall–Kier alpha value is -3.27. The van der Waals surface area contributed by atoms with Crippen LogP contribution in [-0.4, -0.2) is 19.0 Å². The highest BCUT2D eigenvalue weighted by Crippen LogP contribution is 2.22. The van der Waals surface area contributed by atoms with Gasteiger partial charge in [0.25, 0.3) is 0 Å². The fourth-order valence-corrected chi connectivity index (χ4v) is 2.50. The van der Waals surface area contributed by atoms with Gasteiger partial charge in [-0.05, 0) is 48.4 Å². The maximum Gasteiger partial charge on any atom is 0.239 e. The number of amides is 1. The Morgan fingerprint density at radius 1 is 0.769 bits per heavy atom. The van der Waals surface area contributed by atoms with Crippen molar-refractivity contribution in [2.45, 2.75) is 6.42 Å². The maximum absolute atomic E-state index is 11.9. The van der Waals surface area contributed by atoms with Crippen LogP contribution in [0.4, 0.5) is 5.69 Å². The molecular formula is C22H22N2O2. The number of nitrogens with one attached hydrogen (secondary N) is 2. The number of carbonyl (C=O) groups is 1. The first-order valence-electron chi connectivity index (χ1n) is 8.67. The van der Waals surface area contributed by atoms with E-state index in [-0.39, 0.29) is 12.5 Å². The van der Waals surface area contributed by atoms with Crippen LogP contribution in [0.2, 0.25) is 0 Å². The molecule has 4 heteroatoms. The van der Waals surface area contributed by atoms with E-state index in [9.17, 15) is 4.79 Å². The Labute approximate surface area is 153 Å². The van der Waals surface area contributed by atoms with Crippen LogP contribution in [0, 0.1) is 0 Å². The summed E-state index contributed by atoms with van der Waals surface area (Å²) < 4.78 is 5.75. The summed E-state index contributed by atoms with van der Waals surface area (Å²) in [6.07, 6.45) is 0.831. The van der Waals surface area contributed by atoms with Gasteiger partial charge < -0.3 is 15.4 Å². The monoisotopic (exact) mass is 346 g/mol. The van der Waals surface area contributed by atoms with E-state index in [4.69, 9.17) is 4.74 Å². The van der Waals surface area contributed by atoms with Crippen LogP contribution in [-0.2, 0) is 11.2 Å². The van der Waals surface area contributed by atoms with E-state index in [2.05, 4.69) is 22.8 Å². The zero-order valence-electron chi connectivity index (χ0n) is 14.5. The summed E-state index contributed by atoms with van der Waals surface area (Å²) in [5, 5.41) is 6.04. The minimum atomic E-state index is -0.0226. The summed E-state index contributed by atoms with van der Waals surface area (Å²) in [6, 6.07) is 27.3. The molecule has 0 saturated heterocycles. The summed E-state index contributed by atoms with van der Waals surface area (Å²) in [5.74, 6) is 1.53. The van der Waals surface area contributed by atoms with Crippen LogP contribution in [0.15, 0.2) is 84.9 Å². The van der Waals surface area contributed by atoms with E-state index in [1.165, 1.54) is 5.56 Å².